The third-order valence-electron chi connectivity index (χ3n) is 1.90. The molecule has 0 amide bonds. The van der Waals surface area contributed by atoms with E-state index in [2.05, 4.69) is 10.1 Å². The van der Waals surface area contributed by atoms with E-state index in [1.54, 1.807) is 0 Å². The van der Waals surface area contributed by atoms with Crippen molar-refractivity contribution in [3.8, 4) is 0 Å². The van der Waals surface area contributed by atoms with Crippen molar-refractivity contribution in [2.45, 2.75) is 18.9 Å². The van der Waals surface area contributed by atoms with Crippen LogP contribution < -0.4 is 5.32 Å². The first kappa shape index (κ1) is 12.7. The predicted octanol–water partition coefficient (Wildman–Crippen LogP) is 0.350. The highest BCUT2D eigenvalue weighted by Crippen LogP contribution is 2.04. The van der Waals surface area contributed by atoms with E-state index in [9.17, 15) is 4.79 Å². The lowest BCUT2D eigenvalue weighted by molar-refractivity contribution is -0.141. The van der Waals surface area contributed by atoms with Gasteiger partial charge in [0.05, 0.1) is 19.8 Å². The second-order valence-electron chi connectivity index (χ2n) is 2.81. The van der Waals surface area contributed by atoms with Gasteiger partial charge in [0, 0.05) is 19.5 Å². The fourth-order valence-corrected chi connectivity index (χ4v) is 1.19. The minimum absolute atomic E-state index is 0. The summed E-state index contributed by atoms with van der Waals surface area (Å²) in [6, 6.07) is 0. The van der Waals surface area contributed by atoms with Crippen molar-refractivity contribution in [2.75, 3.05) is 26.8 Å². The summed E-state index contributed by atoms with van der Waals surface area (Å²) in [5.41, 5.74) is 0. The maximum atomic E-state index is 10.8. The monoisotopic (exact) mass is 209 g/mol. The van der Waals surface area contributed by atoms with Gasteiger partial charge in [-0.1, -0.05) is 0 Å². The van der Waals surface area contributed by atoms with Crippen LogP contribution >= 0.6 is 12.4 Å². The van der Waals surface area contributed by atoms with Gasteiger partial charge in [-0.3, -0.25) is 4.79 Å². The molecule has 1 unspecified atom stereocenters. The molecule has 0 radical (unpaired) electrons. The summed E-state index contributed by atoms with van der Waals surface area (Å²) in [5.74, 6) is -0.163. The van der Waals surface area contributed by atoms with Crippen LogP contribution in [0, 0.1) is 0 Å². The third kappa shape index (κ3) is 5.08. The summed E-state index contributed by atoms with van der Waals surface area (Å²) in [7, 11) is 1.41. The second kappa shape index (κ2) is 7.12. The Bertz CT molecular complexity index is 148. The van der Waals surface area contributed by atoms with E-state index in [1.165, 1.54) is 7.11 Å². The molecule has 1 rings (SSSR count). The zero-order valence-electron chi connectivity index (χ0n) is 7.75. The van der Waals surface area contributed by atoms with Gasteiger partial charge in [0.15, 0.2) is 0 Å². The summed E-state index contributed by atoms with van der Waals surface area (Å²) >= 11 is 0. The molecule has 1 aliphatic heterocycles. The Balaban J connectivity index is 0.00000144. The number of morpholine rings is 1. The lowest BCUT2D eigenvalue weighted by atomic mass is 10.2. The Morgan fingerprint density at radius 1 is 1.69 bits per heavy atom. The molecule has 0 aromatic heterocycles. The number of carbonyl (C=O) groups excluding carboxylic acids is 1. The van der Waals surface area contributed by atoms with E-state index in [4.69, 9.17) is 4.74 Å². The van der Waals surface area contributed by atoms with Crippen LogP contribution in [0.3, 0.4) is 0 Å². The number of rotatable bonds is 3. The molecule has 1 saturated heterocycles. The van der Waals surface area contributed by atoms with Gasteiger partial charge in [-0.2, -0.15) is 0 Å². The van der Waals surface area contributed by atoms with E-state index >= 15 is 0 Å². The number of hydrogen-bond donors (Lipinski definition) is 1. The van der Waals surface area contributed by atoms with Crippen LogP contribution in [0.25, 0.3) is 0 Å². The summed E-state index contributed by atoms with van der Waals surface area (Å²) in [4.78, 5) is 10.8. The van der Waals surface area contributed by atoms with Crippen LogP contribution in [0.4, 0.5) is 0 Å². The number of hydrogen-bond acceptors (Lipinski definition) is 4. The van der Waals surface area contributed by atoms with Crippen molar-refractivity contribution >= 4 is 18.4 Å². The smallest absolute Gasteiger partial charge is 0.305 e. The molecular formula is C8H16ClNO3. The van der Waals surface area contributed by atoms with Crippen molar-refractivity contribution < 1.29 is 14.3 Å². The van der Waals surface area contributed by atoms with Crippen LogP contribution in [0.2, 0.25) is 0 Å². The highest BCUT2D eigenvalue weighted by atomic mass is 35.5. The molecule has 78 valence electrons. The average molecular weight is 210 g/mol. The van der Waals surface area contributed by atoms with Gasteiger partial charge in [-0.15, -0.1) is 12.4 Å². The van der Waals surface area contributed by atoms with Gasteiger partial charge in [0.2, 0.25) is 0 Å². The standard InChI is InChI=1S/C8H15NO3.ClH/c1-11-8(10)3-2-7-6-9-4-5-12-7;/h7,9H,2-6H2,1H3;1H. The number of ether oxygens (including phenoxy) is 2. The van der Waals surface area contributed by atoms with Crippen molar-refractivity contribution in [1.82, 2.24) is 5.32 Å². The molecule has 1 atom stereocenters. The number of methoxy groups -OCH3 is 1. The first-order valence-corrected chi connectivity index (χ1v) is 4.22. The highest BCUT2D eigenvalue weighted by molar-refractivity contribution is 5.85. The maximum Gasteiger partial charge on any atom is 0.305 e. The molecule has 13 heavy (non-hydrogen) atoms. The molecule has 1 fully saturated rings. The molecule has 1 aliphatic rings. The van der Waals surface area contributed by atoms with Gasteiger partial charge >= 0.3 is 5.97 Å². The second-order valence-corrected chi connectivity index (χ2v) is 2.81. The minimum Gasteiger partial charge on any atom is -0.469 e. The van der Waals surface area contributed by atoms with Crippen LogP contribution in [0.5, 0.6) is 0 Å². The zero-order valence-corrected chi connectivity index (χ0v) is 8.56. The Kier molecular flexibility index (Phi) is 6.94. The Morgan fingerprint density at radius 2 is 2.46 bits per heavy atom. The normalized spacial score (nSPS) is 21.8. The summed E-state index contributed by atoms with van der Waals surface area (Å²) in [5, 5.41) is 3.20. The number of esters is 1. The fourth-order valence-electron chi connectivity index (χ4n) is 1.19. The molecule has 0 bridgehead atoms. The van der Waals surface area contributed by atoms with Crippen molar-refractivity contribution in [1.29, 1.82) is 0 Å². The maximum absolute atomic E-state index is 10.8. The van der Waals surface area contributed by atoms with Gasteiger partial charge < -0.3 is 14.8 Å². The van der Waals surface area contributed by atoms with E-state index in [1.807, 2.05) is 0 Å². The topological polar surface area (TPSA) is 47.6 Å². The largest absolute Gasteiger partial charge is 0.469 e. The Hall–Kier alpha value is -0.320. The van der Waals surface area contributed by atoms with Crippen LogP contribution in [-0.2, 0) is 14.3 Å². The van der Waals surface area contributed by atoms with Crippen LogP contribution in [0.15, 0.2) is 0 Å². The SMILES string of the molecule is COC(=O)CCC1CNCCO1.Cl. The van der Waals surface area contributed by atoms with E-state index in [-0.39, 0.29) is 24.5 Å². The molecule has 0 aromatic carbocycles. The molecule has 4 nitrogen and oxygen atoms in total. The highest BCUT2D eigenvalue weighted by Gasteiger charge is 2.14. The Morgan fingerprint density at radius 3 is 3.00 bits per heavy atom. The molecule has 5 heteroatoms. The van der Waals surface area contributed by atoms with Crippen LogP contribution in [-0.4, -0.2) is 38.9 Å². The first-order valence-electron chi connectivity index (χ1n) is 4.22. The predicted molar refractivity (Wildman–Crippen MR) is 51.1 cm³/mol. The number of nitrogens with one attached hydrogen (secondary N) is 1. The van der Waals surface area contributed by atoms with E-state index in [0.29, 0.717) is 6.42 Å². The molecular weight excluding hydrogens is 194 g/mol. The van der Waals surface area contributed by atoms with Gasteiger partial charge in [-0.05, 0) is 6.42 Å². The number of halogens is 1. The fraction of sp³-hybridized carbons (Fsp3) is 0.875. The lowest BCUT2D eigenvalue weighted by Gasteiger charge is -2.22. The van der Waals surface area contributed by atoms with Gasteiger partial charge in [-0.25, -0.2) is 0 Å². The van der Waals surface area contributed by atoms with E-state index in [0.717, 1.165) is 26.1 Å². The summed E-state index contributed by atoms with van der Waals surface area (Å²) < 4.78 is 9.93. The van der Waals surface area contributed by atoms with E-state index < -0.39 is 0 Å². The van der Waals surface area contributed by atoms with Crippen molar-refractivity contribution in [3.05, 3.63) is 0 Å². The molecule has 1 N–H and O–H groups in total. The third-order valence-corrected chi connectivity index (χ3v) is 1.90. The zero-order chi connectivity index (χ0) is 8.81. The summed E-state index contributed by atoms with van der Waals surface area (Å²) in [6.45, 7) is 2.50. The van der Waals surface area contributed by atoms with Crippen molar-refractivity contribution in [3.63, 3.8) is 0 Å². The lowest BCUT2D eigenvalue weighted by Crippen LogP contribution is -2.38. The molecule has 1 heterocycles. The summed E-state index contributed by atoms with van der Waals surface area (Å²) in [6.07, 6.45) is 1.38. The van der Waals surface area contributed by atoms with Gasteiger partial charge in [0.1, 0.15) is 0 Å². The minimum atomic E-state index is -0.163. The molecule has 0 spiro atoms. The molecule has 0 aliphatic carbocycles. The number of carbonyl (C=O) groups is 1. The average Bonchev–Trinajstić information content (AvgIpc) is 2.16. The van der Waals surface area contributed by atoms with Crippen molar-refractivity contribution in [2.24, 2.45) is 0 Å². The molecule has 0 saturated carbocycles. The molecule has 0 aromatic rings. The quantitative estimate of drug-likeness (QED) is 0.682. The Labute approximate surface area is 84.4 Å². The first-order chi connectivity index (χ1) is 5.83. The van der Waals surface area contributed by atoms with Crippen LogP contribution in [0.1, 0.15) is 12.8 Å². The van der Waals surface area contributed by atoms with Gasteiger partial charge in [0.25, 0.3) is 0 Å².